The lowest BCUT2D eigenvalue weighted by molar-refractivity contribution is -0.133. The lowest BCUT2D eigenvalue weighted by Gasteiger charge is -2.22. The number of hydrogen-bond acceptors (Lipinski definition) is 3. The van der Waals surface area contributed by atoms with Crippen molar-refractivity contribution in [3.05, 3.63) is 65.7 Å². The van der Waals surface area contributed by atoms with E-state index < -0.39 is 5.91 Å². The van der Waals surface area contributed by atoms with Crippen LogP contribution >= 0.6 is 0 Å². The van der Waals surface area contributed by atoms with E-state index in [1.807, 2.05) is 54.6 Å². The number of benzene rings is 2. The Morgan fingerprint density at radius 1 is 0.962 bits per heavy atom. The van der Waals surface area contributed by atoms with Crippen molar-refractivity contribution in [3.8, 4) is 5.75 Å². The van der Waals surface area contributed by atoms with Crippen LogP contribution < -0.4 is 10.5 Å². The molecule has 0 saturated carbocycles. The summed E-state index contributed by atoms with van der Waals surface area (Å²) in [5.74, 6) is 0.0915. The smallest absolute Gasteiger partial charge is 0.260 e. The van der Waals surface area contributed by atoms with Gasteiger partial charge < -0.3 is 15.4 Å². The van der Waals surface area contributed by atoms with E-state index in [1.54, 1.807) is 4.90 Å². The first-order valence-electron chi connectivity index (χ1n) is 8.90. The molecule has 0 aliphatic heterocycles. The summed E-state index contributed by atoms with van der Waals surface area (Å²) in [4.78, 5) is 25.3. The minimum atomic E-state index is -0.418. The van der Waals surface area contributed by atoms with Crippen molar-refractivity contribution in [2.45, 2.75) is 26.2 Å². The molecule has 5 nitrogen and oxygen atoms in total. The summed E-state index contributed by atoms with van der Waals surface area (Å²) in [6, 6.07) is 17.6. The summed E-state index contributed by atoms with van der Waals surface area (Å²) in [7, 11) is 0. The predicted octanol–water partition coefficient (Wildman–Crippen LogP) is 2.57. The largest absolute Gasteiger partial charge is 0.484 e. The fourth-order valence-electron chi connectivity index (χ4n) is 2.57. The number of carbonyl (C=O) groups is 2. The zero-order valence-corrected chi connectivity index (χ0v) is 15.2. The molecule has 0 fully saturated rings. The number of nitrogens with zero attached hydrogens (tertiary/aromatic N) is 1. The lowest BCUT2D eigenvalue weighted by atomic mass is 10.1. The molecule has 138 valence electrons. The van der Waals surface area contributed by atoms with Crippen LogP contribution in [0.4, 0.5) is 0 Å². The molecule has 2 rings (SSSR count). The van der Waals surface area contributed by atoms with Crippen LogP contribution in [0.2, 0.25) is 0 Å². The first-order valence-corrected chi connectivity index (χ1v) is 8.90. The van der Waals surface area contributed by atoms with Crippen LogP contribution in [0.15, 0.2) is 54.6 Å². The van der Waals surface area contributed by atoms with Gasteiger partial charge in [0.2, 0.25) is 5.91 Å². The summed E-state index contributed by atoms with van der Waals surface area (Å²) >= 11 is 0. The van der Waals surface area contributed by atoms with E-state index in [9.17, 15) is 9.59 Å². The molecule has 0 aromatic heterocycles. The van der Waals surface area contributed by atoms with Crippen molar-refractivity contribution in [2.75, 3.05) is 19.7 Å². The van der Waals surface area contributed by atoms with Crippen LogP contribution in [0, 0.1) is 0 Å². The number of aryl methyl sites for hydroxylation is 1. The molecule has 2 aromatic carbocycles. The van der Waals surface area contributed by atoms with Gasteiger partial charge in [0.25, 0.3) is 5.91 Å². The van der Waals surface area contributed by atoms with E-state index in [-0.39, 0.29) is 18.9 Å². The van der Waals surface area contributed by atoms with E-state index in [4.69, 9.17) is 10.5 Å². The van der Waals surface area contributed by atoms with Crippen LogP contribution in [0.1, 0.15) is 24.5 Å². The number of nitrogens with two attached hydrogens (primary N) is 1. The maximum absolute atomic E-state index is 12.5. The molecular formula is C21H26N2O3. The van der Waals surface area contributed by atoms with E-state index >= 15 is 0 Å². The third-order valence-corrected chi connectivity index (χ3v) is 4.19. The average molecular weight is 354 g/mol. The standard InChI is InChI=1S/C21H26N2O3/c1-2-17-8-10-19(11-9-17)26-16-21(25)23(15-13-20(22)24)14-12-18-6-4-3-5-7-18/h3-11H,2,12-16H2,1H3,(H2,22,24). The van der Waals surface area contributed by atoms with Crippen molar-refractivity contribution < 1.29 is 14.3 Å². The minimum absolute atomic E-state index is 0.0565. The van der Waals surface area contributed by atoms with E-state index in [0.29, 0.717) is 18.8 Å². The number of ether oxygens (including phenoxy) is 1. The normalized spacial score (nSPS) is 10.3. The van der Waals surface area contributed by atoms with Crippen molar-refractivity contribution in [3.63, 3.8) is 0 Å². The summed E-state index contributed by atoms with van der Waals surface area (Å²) in [5, 5.41) is 0. The number of hydrogen-bond donors (Lipinski definition) is 1. The van der Waals surface area contributed by atoms with Gasteiger partial charge in [0, 0.05) is 19.5 Å². The lowest BCUT2D eigenvalue weighted by Crippen LogP contribution is -2.38. The quantitative estimate of drug-likeness (QED) is 0.713. The first-order chi connectivity index (χ1) is 12.6. The van der Waals surface area contributed by atoms with Crippen LogP contribution in [0.25, 0.3) is 0 Å². The molecule has 0 spiro atoms. The maximum Gasteiger partial charge on any atom is 0.260 e. The van der Waals surface area contributed by atoms with Gasteiger partial charge in [-0.1, -0.05) is 49.4 Å². The average Bonchev–Trinajstić information content (AvgIpc) is 2.67. The van der Waals surface area contributed by atoms with Crippen molar-refractivity contribution in [1.29, 1.82) is 0 Å². The Balaban J connectivity index is 1.91. The monoisotopic (exact) mass is 354 g/mol. The molecule has 2 aromatic rings. The number of carbonyl (C=O) groups excluding carboxylic acids is 2. The third-order valence-electron chi connectivity index (χ3n) is 4.19. The molecule has 0 bridgehead atoms. The Labute approximate surface area is 154 Å². The summed E-state index contributed by atoms with van der Waals surface area (Å²) < 4.78 is 5.60. The second-order valence-corrected chi connectivity index (χ2v) is 6.12. The number of amides is 2. The SMILES string of the molecule is CCc1ccc(OCC(=O)N(CCC(N)=O)CCc2ccccc2)cc1. The Kier molecular flexibility index (Phi) is 7.68. The predicted molar refractivity (Wildman–Crippen MR) is 102 cm³/mol. The molecule has 0 unspecified atom stereocenters. The van der Waals surface area contributed by atoms with Gasteiger partial charge in [0.15, 0.2) is 6.61 Å². The van der Waals surface area contributed by atoms with Gasteiger partial charge in [-0.2, -0.15) is 0 Å². The molecule has 0 heterocycles. The highest BCUT2D eigenvalue weighted by Gasteiger charge is 2.15. The molecule has 0 saturated heterocycles. The van der Waals surface area contributed by atoms with Crippen LogP contribution in [0.3, 0.4) is 0 Å². The van der Waals surface area contributed by atoms with Gasteiger partial charge in [-0.05, 0) is 36.1 Å². The topological polar surface area (TPSA) is 72.6 Å². The molecule has 0 aliphatic carbocycles. The van der Waals surface area contributed by atoms with E-state index in [0.717, 1.165) is 18.4 Å². The molecule has 0 atom stereocenters. The minimum Gasteiger partial charge on any atom is -0.484 e. The Hall–Kier alpha value is -2.82. The molecule has 0 radical (unpaired) electrons. The zero-order chi connectivity index (χ0) is 18.8. The molecule has 2 amide bonds. The van der Waals surface area contributed by atoms with E-state index in [1.165, 1.54) is 5.56 Å². The van der Waals surface area contributed by atoms with Crippen LogP contribution in [-0.4, -0.2) is 36.4 Å². The molecular weight excluding hydrogens is 328 g/mol. The van der Waals surface area contributed by atoms with Crippen LogP contribution in [-0.2, 0) is 22.4 Å². The number of primary amides is 1. The highest BCUT2D eigenvalue weighted by atomic mass is 16.5. The third kappa shape index (κ3) is 6.59. The summed E-state index contributed by atoms with van der Waals surface area (Å²) in [6.45, 7) is 2.86. The fraction of sp³-hybridized carbons (Fsp3) is 0.333. The van der Waals surface area contributed by atoms with Gasteiger partial charge >= 0.3 is 0 Å². The number of rotatable bonds is 10. The van der Waals surface area contributed by atoms with Gasteiger partial charge in [-0.15, -0.1) is 0 Å². The van der Waals surface area contributed by atoms with Gasteiger partial charge in [0.05, 0.1) is 0 Å². The fourth-order valence-corrected chi connectivity index (χ4v) is 2.57. The highest BCUT2D eigenvalue weighted by molar-refractivity contribution is 5.79. The first kappa shape index (κ1) is 19.5. The van der Waals surface area contributed by atoms with Gasteiger partial charge in [-0.25, -0.2) is 0 Å². The van der Waals surface area contributed by atoms with Crippen molar-refractivity contribution >= 4 is 11.8 Å². The highest BCUT2D eigenvalue weighted by Crippen LogP contribution is 2.13. The Morgan fingerprint density at radius 2 is 1.65 bits per heavy atom. The van der Waals surface area contributed by atoms with Crippen molar-refractivity contribution in [2.24, 2.45) is 5.73 Å². The molecule has 2 N–H and O–H groups in total. The zero-order valence-electron chi connectivity index (χ0n) is 15.2. The molecule has 26 heavy (non-hydrogen) atoms. The Morgan fingerprint density at radius 3 is 2.27 bits per heavy atom. The van der Waals surface area contributed by atoms with Gasteiger partial charge in [-0.3, -0.25) is 9.59 Å². The van der Waals surface area contributed by atoms with Gasteiger partial charge in [0.1, 0.15) is 5.75 Å². The summed E-state index contributed by atoms with van der Waals surface area (Å²) in [6.07, 6.45) is 1.82. The second-order valence-electron chi connectivity index (χ2n) is 6.12. The molecule has 5 heteroatoms. The summed E-state index contributed by atoms with van der Waals surface area (Å²) in [5.41, 5.74) is 7.59. The maximum atomic E-state index is 12.5. The van der Waals surface area contributed by atoms with E-state index in [2.05, 4.69) is 6.92 Å². The Bertz CT molecular complexity index is 699. The van der Waals surface area contributed by atoms with Crippen LogP contribution in [0.5, 0.6) is 5.75 Å². The van der Waals surface area contributed by atoms with Crippen molar-refractivity contribution in [1.82, 2.24) is 4.90 Å². The second kappa shape index (κ2) is 10.2. The molecule has 0 aliphatic rings.